The predicted molar refractivity (Wildman–Crippen MR) is 127 cm³/mol. The minimum atomic E-state index is -0.100. The van der Waals surface area contributed by atoms with Crippen LogP contribution in [0.4, 0.5) is 11.6 Å². The molecule has 2 aromatic carbocycles. The summed E-state index contributed by atoms with van der Waals surface area (Å²) in [5.41, 5.74) is 2.79. The highest BCUT2D eigenvalue weighted by Gasteiger charge is 2.24. The van der Waals surface area contributed by atoms with Crippen molar-refractivity contribution in [2.75, 3.05) is 36.4 Å². The monoisotopic (exact) mass is 443 g/mol. The van der Waals surface area contributed by atoms with Gasteiger partial charge in [-0.1, -0.05) is 35.3 Å². The molecule has 0 saturated carbocycles. The fraction of sp³-hybridized carbons (Fsp3) is 0.391. The molecule has 30 heavy (non-hydrogen) atoms. The lowest BCUT2D eigenvalue weighted by Gasteiger charge is -2.36. The van der Waals surface area contributed by atoms with Crippen molar-refractivity contribution < 1.29 is 0 Å². The highest BCUT2D eigenvalue weighted by Crippen LogP contribution is 2.29. The second-order valence-corrected chi connectivity index (χ2v) is 9.60. The molecule has 0 bridgehead atoms. The van der Waals surface area contributed by atoms with Gasteiger partial charge in [0.15, 0.2) is 11.6 Å². The number of nitrogens with one attached hydrogen (secondary N) is 1. The molecule has 1 saturated heterocycles. The fourth-order valence-electron chi connectivity index (χ4n) is 3.67. The Morgan fingerprint density at radius 3 is 2.27 bits per heavy atom. The number of fused-ring (bicyclic) bond motifs is 1. The summed E-state index contributed by atoms with van der Waals surface area (Å²) in [6, 6.07) is 13.7. The Morgan fingerprint density at radius 1 is 0.933 bits per heavy atom. The molecular formula is C23H27Cl2N5. The van der Waals surface area contributed by atoms with E-state index in [1.54, 1.807) is 0 Å². The molecule has 4 rings (SSSR count). The summed E-state index contributed by atoms with van der Waals surface area (Å²) in [5, 5.41) is 5.03. The molecule has 0 unspecified atom stereocenters. The first kappa shape index (κ1) is 21.2. The first-order valence-corrected chi connectivity index (χ1v) is 11.0. The summed E-state index contributed by atoms with van der Waals surface area (Å²) in [7, 11) is 0. The molecule has 0 amide bonds. The van der Waals surface area contributed by atoms with Gasteiger partial charge in [0.25, 0.3) is 0 Å². The Hall–Kier alpha value is -2.08. The molecule has 1 aliphatic rings. The highest BCUT2D eigenvalue weighted by molar-refractivity contribution is 6.33. The van der Waals surface area contributed by atoms with Crippen molar-refractivity contribution in [2.24, 2.45) is 0 Å². The molecule has 0 aliphatic carbocycles. The van der Waals surface area contributed by atoms with Crippen LogP contribution in [-0.2, 0) is 6.54 Å². The van der Waals surface area contributed by atoms with Crippen LogP contribution in [0.15, 0.2) is 42.5 Å². The largest absolute Gasteiger partial charge is 0.362 e. The van der Waals surface area contributed by atoms with Crippen LogP contribution in [0.2, 0.25) is 10.0 Å². The zero-order chi connectivity index (χ0) is 21.3. The molecule has 0 atom stereocenters. The van der Waals surface area contributed by atoms with E-state index in [4.69, 9.17) is 33.2 Å². The number of halogens is 2. The van der Waals surface area contributed by atoms with E-state index >= 15 is 0 Å². The van der Waals surface area contributed by atoms with E-state index in [-0.39, 0.29) is 5.54 Å². The summed E-state index contributed by atoms with van der Waals surface area (Å²) in [4.78, 5) is 14.6. The average molecular weight is 444 g/mol. The molecule has 3 aromatic rings. The maximum Gasteiger partial charge on any atom is 0.172 e. The Labute approximate surface area is 188 Å². The lowest BCUT2D eigenvalue weighted by atomic mass is 10.1. The lowest BCUT2D eigenvalue weighted by Crippen LogP contribution is -2.46. The van der Waals surface area contributed by atoms with Gasteiger partial charge in [-0.15, -0.1) is 0 Å². The van der Waals surface area contributed by atoms with E-state index in [1.807, 2.05) is 42.5 Å². The predicted octanol–water partition coefficient (Wildman–Crippen LogP) is 5.47. The third kappa shape index (κ3) is 4.97. The van der Waals surface area contributed by atoms with Crippen LogP contribution in [-0.4, -0.2) is 46.6 Å². The van der Waals surface area contributed by atoms with Crippen LogP contribution in [0.1, 0.15) is 26.3 Å². The number of rotatable bonds is 4. The molecule has 158 valence electrons. The molecule has 1 aliphatic heterocycles. The van der Waals surface area contributed by atoms with Gasteiger partial charge in [-0.3, -0.25) is 4.90 Å². The number of anilines is 2. The van der Waals surface area contributed by atoms with Crippen molar-refractivity contribution in [1.29, 1.82) is 0 Å². The van der Waals surface area contributed by atoms with Crippen molar-refractivity contribution in [3.63, 3.8) is 0 Å². The van der Waals surface area contributed by atoms with Gasteiger partial charge in [0.2, 0.25) is 0 Å². The van der Waals surface area contributed by atoms with Gasteiger partial charge in [0.05, 0.1) is 11.0 Å². The van der Waals surface area contributed by atoms with Crippen molar-refractivity contribution in [3.05, 3.63) is 58.1 Å². The summed E-state index contributed by atoms with van der Waals surface area (Å²) in [6.07, 6.45) is 0. The minimum absolute atomic E-state index is 0.100. The Morgan fingerprint density at radius 2 is 1.60 bits per heavy atom. The quantitative estimate of drug-likeness (QED) is 0.578. The Balaban J connectivity index is 1.53. The molecular weight excluding hydrogens is 417 g/mol. The number of nitrogens with zero attached hydrogens (tertiary/aromatic N) is 4. The van der Waals surface area contributed by atoms with Crippen LogP contribution in [0.5, 0.6) is 0 Å². The normalized spacial score (nSPS) is 15.6. The van der Waals surface area contributed by atoms with Crippen LogP contribution >= 0.6 is 23.2 Å². The number of hydrogen-bond donors (Lipinski definition) is 1. The van der Waals surface area contributed by atoms with Gasteiger partial charge in [0.1, 0.15) is 0 Å². The maximum absolute atomic E-state index is 6.36. The van der Waals surface area contributed by atoms with Crippen LogP contribution in [0.25, 0.3) is 11.0 Å². The third-order valence-electron chi connectivity index (χ3n) is 5.12. The number of para-hydroxylation sites is 2. The number of benzene rings is 2. The second kappa shape index (κ2) is 8.58. The van der Waals surface area contributed by atoms with Gasteiger partial charge < -0.3 is 10.2 Å². The van der Waals surface area contributed by atoms with E-state index in [2.05, 4.69) is 35.9 Å². The first-order valence-electron chi connectivity index (χ1n) is 10.2. The zero-order valence-electron chi connectivity index (χ0n) is 17.6. The molecule has 0 radical (unpaired) electrons. The van der Waals surface area contributed by atoms with Crippen molar-refractivity contribution in [2.45, 2.75) is 32.9 Å². The van der Waals surface area contributed by atoms with Gasteiger partial charge in [-0.2, -0.15) is 0 Å². The Kier molecular flexibility index (Phi) is 6.05. The SMILES string of the molecule is CC(C)(C)Nc1nc2ccccc2nc1N1CCN(Cc2cc(Cl)ccc2Cl)CC1. The molecule has 1 N–H and O–H groups in total. The molecule has 5 nitrogen and oxygen atoms in total. The standard InChI is InChI=1S/C23H27Cl2N5/c1-23(2,3)28-21-22(27-20-7-5-4-6-19(20)26-21)30-12-10-29(11-13-30)15-16-14-17(24)8-9-18(16)25/h4-9,14H,10-13,15H2,1-3H3,(H,26,28). The highest BCUT2D eigenvalue weighted by atomic mass is 35.5. The van der Waals surface area contributed by atoms with E-state index < -0.39 is 0 Å². The molecule has 2 heterocycles. The molecule has 1 aromatic heterocycles. The smallest absolute Gasteiger partial charge is 0.172 e. The van der Waals surface area contributed by atoms with E-state index in [9.17, 15) is 0 Å². The van der Waals surface area contributed by atoms with E-state index in [1.165, 1.54) is 0 Å². The number of piperazine rings is 1. The maximum atomic E-state index is 6.36. The summed E-state index contributed by atoms with van der Waals surface area (Å²) in [5.74, 6) is 1.76. The second-order valence-electron chi connectivity index (χ2n) is 8.76. The van der Waals surface area contributed by atoms with Gasteiger partial charge in [-0.05, 0) is 56.7 Å². The summed E-state index contributed by atoms with van der Waals surface area (Å²) >= 11 is 12.5. The van der Waals surface area contributed by atoms with Gasteiger partial charge >= 0.3 is 0 Å². The first-order chi connectivity index (χ1) is 14.3. The number of aromatic nitrogens is 2. The van der Waals surface area contributed by atoms with E-state index in [0.29, 0.717) is 0 Å². The fourth-order valence-corrected chi connectivity index (χ4v) is 4.05. The van der Waals surface area contributed by atoms with Crippen molar-refractivity contribution in [1.82, 2.24) is 14.9 Å². The third-order valence-corrected chi connectivity index (χ3v) is 5.72. The topological polar surface area (TPSA) is 44.3 Å². The van der Waals surface area contributed by atoms with Crippen LogP contribution in [0.3, 0.4) is 0 Å². The van der Waals surface area contributed by atoms with Gasteiger partial charge in [0, 0.05) is 48.3 Å². The molecule has 0 spiro atoms. The average Bonchev–Trinajstić information content (AvgIpc) is 2.70. The van der Waals surface area contributed by atoms with Crippen molar-refractivity contribution >= 4 is 45.9 Å². The van der Waals surface area contributed by atoms with E-state index in [0.717, 1.165) is 71.0 Å². The minimum Gasteiger partial charge on any atom is -0.362 e. The lowest BCUT2D eigenvalue weighted by molar-refractivity contribution is 0.249. The zero-order valence-corrected chi connectivity index (χ0v) is 19.1. The van der Waals surface area contributed by atoms with Crippen LogP contribution < -0.4 is 10.2 Å². The summed E-state index contributed by atoms with van der Waals surface area (Å²) in [6.45, 7) is 10.8. The van der Waals surface area contributed by atoms with Gasteiger partial charge in [-0.25, -0.2) is 9.97 Å². The Bertz CT molecular complexity index is 1040. The summed E-state index contributed by atoms with van der Waals surface area (Å²) < 4.78 is 0. The number of hydrogen-bond acceptors (Lipinski definition) is 5. The molecule has 1 fully saturated rings. The van der Waals surface area contributed by atoms with Crippen LogP contribution in [0, 0.1) is 0 Å². The van der Waals surface area contributed by atoms with Crippen molar-refractivity contribution in [3.8, 4) is 0 Å². The molecule has 7 heteroatoms.